The van der Waals surface area contributed by atoms with Crippen LogP contribution in [0.4, 0.5) is 5.13 Å². The van der Waals surface area contributed by atoms with E-state index in [1.165, 1.54) is 10.7 Å². The van der Waals surface area contributed by atoms with Gasteiger partial charge in [0.25, 0.3) is 5.91 Å². The number of benzene rings is 1. The summed E-state index contributed by atoms with van der Waals surface area (Å²) in [5, 5.41) is 2.94. The third-order valence-corrected chi connectivity index (χ3v) is 9.06. The fourth-order valence-corrected chi connectivity index (χ4v) is 6.62. The van der Waals surface area contributed by atoms with Crippen LogP contribution in [0, 0.1) is 0 Å². The normalized spacial score (nSPS) is 18.9. The van der Waals surface area contributed by atoms with Crippen LogP contribution in [-0.4, -0.2) is 67.8 Å². The lowest BCUT2D eigenvalue weighted by Crippen LogP contribution is -2.38. The lowest BCUT2D eigenvalue weighted by Gasteiger charge is -2.30. The zero-order valence-electron chi connectivity index (χ0n) is 17.9. The van der Waals surface area contributed by atoms with E-state index in [9.17, 15) is 13.2 Å². The number of anilines is 1. The smallest absolute Gasteiger partial charge is 0.253 e. The van der Waals surface area contributed by atoms with Gasteiger partial charge in [0.05, 0.1) is 4.90 Å². The fourth-order valence-electron chi connectivity index (χ4n) is 4.46. The Morgan fingerprint density at radius 1 is 1.10 bits per heavy atom. The van der Waals surface area contributed by atoms with E-state index < -0.39 is 10.0 Å². The summed E-state index contributed by atoms with van der Waals surface area (Å²) in [6, 6.07) is 6.57. The van der Waals surface area contributed by atoms with Gasteiger partial charge in [-0.15, -0.1) is 11.3 Å². The van der Waals surface area contributed by atoms with Crippen molar-refractivity contribution in [1.29, 1.82) is 0 Å². The minimum Gasteiger partial charge on any atom is -0.346 e. The highest BCUT2D eigenvalue weighted by Crippen LogP contribution is 2.27. The molecule has 0 bridgehead atoms. The number of carbonyl (C=O) groups excluding carboxylic acids is 1. The van der Waals surface area contributed by atoms with Gasteiger partial charge in [0.15, 0.2) is 5.13 Å². The standard InChI is InChI=1S/C22H30N4O3S2/c1-24(19-8-3-2-4-9-19)31(28,29)20-10-5-7-18(17-20)21(27)25-12-6-13-26(15-14-25)22-23-11-16-30-22/h5,7,10-11,16-17,19H,2-4,6,8-9,12-15H2,1H3. The van der Waals surface area contributed by atoms with Crippen LogP contribution in [0.25, 0.3) is 0 Å². The second-order valence-electron chi connectivity index (χ2n) is 8.29. The Morgan fingerprint density at radius 3 is 2.65 bits per heavy atom. The third-order valence-electron chi connectivity index (χ3n) is 6.32. The van der Waals surface area contributed by atoms with E-state index in [0.717, 1.165) is 50.3 Å². The summed E-state index contributed by atoms with van der Waals surface area (Å²) in [4.78, 5) is 21.8. The molecule has 1 saturated heterocycles. The summed E-state index contributed by atoms with van der Waals surface area (Å²) in [5.74, 6) is -0.113. The molecule has 1 saturated carbocycles. The van der Waals surface area contributed by atoms with Crippen molar-refractivity contribution < 1.29 is 13.2 Å². The molecule has 1 aromatic carbocycles. The SMILES string of the molecule is CN(C1CCCCC1)S(=O)(=O)c1cccc(C(=O)N2CCCN(c3nccs3)CC2)c1. The van der Waals surface area contributed by atoms with E-state index >= 15 is 0 Å². The molecule has 4 rings (SSSR count). The van der Waals surface area contributed by atoms with Gasteiger partial charge in [0.1, 0.15) is 0 Å². The number of rotatable bonds is 5. The lowest BCUT2D eigenvalue weighted by atomic mass is 9.96. The maximum Gasteiger partial charge on any atom is 0.253 e. The van der Waals surface area contributed by atoms with E-state index in [4.69, 9.17) is 0 Å². The predicted octanol–water partition coefficient (Wildman–Crippen LogP) is 3.45. The summed E-state index contributed by atoms with van der Waals surface area (Å²) < 4.78 is 27.9. The first-order valence-corrected chi connectivity index (χ1v) is 13.3. The van der Waals surface area contributed by atoms with Crippen LogP contribution in [0.2, 0.25) is 0 Å². The summed E-state index contributed by atoms with van der Waals surface area (Å²) in [5.41, 5.74) is 0.431. The molecule has 7 nitrogen and oxygen atoms in total. The Balaban J connectivity index is 1.47. The van der Waals surface area contributed by atoms with Gasteiger partial charge in [-0.05, 0) is 37.5 Å². The van der Waals surface area contributed by atoms with Crippen LogP contribution in [0.5, 0.6) is 0 Å². The number of carbonyl (C=O) groups is 1. The molecule has 0 N–H and O–H groups in total. The minimum atomic E-state index is -3.62. The quantitative estimate of drug-likeness (QED) is 0.680. The van der Waals surface area contributed by atoms with Crippen LogP contribution in [0.15, 0.2) is 40.7 Å². The molecule has 168 valence electrons. The summed E-state index contributed by atoms with van der Waals surface area (Å²) in [6.07, 6.45) is 7.75. The topological polar surface area (TPSA) is 73.8 Å². The van der Waals surface area contributed by atoms with Crippen molar-refractivity contribution in [2.24, 2.45) is 0 Å². The molecule has 1 aromatic heterocycles. The summed E-state index contributed by atoms with van der Waals surface area (Å²) >= 11 is 1.60. The zero-order valence-corrected chi connectivity index (χ0v) is 19.6. The van der Waals surface area contributed by atoms with Gasteiger partial charge in [0, 0.05) is 56.4 Å². The van der Waals surface area contributed by atoms with Gasteiger partial charge in [-0.3, -0.25) is 4.79 Å². The highest BCUT2D eigenvalue weighted by atomic mass is 32.2. The number of aromatic nitrogens is 1. The molecule has 2 heterocycles. The van der Waals surface area contributed by atoms with Crippen molar-refractivity contribution in [1.82, 2.24) is 14.2 Å². The second kappa shape index (κ2) is 9.67. The molecule has 0 unspecified atom stereocenters. The van der Waals surface area contributed by atoms with Gasteiger partial charge < -0.3 is 9.80 Å². The average molecular weight is 463 g/mol. The van der Waals surface area contributed by atoms with Crippen LogP contribution in [-0.2, 0) is 10.0 Å². The number of sulfonamides is 1. The van der Waals surface area contributed by atoms with E-state index in [-0.39, 0.29) is 16.8 Å². The third kappa shape index (κ3) is 4.94. The Kier molecular flexibility index (Phi) is 6.93. The number of amides is 1. The number of hydrogen-bond donors (Lipinski definition) is 0. The monoisotopic (exact) mass is 462 g/mol. The second-order valence-corrected chi connectivity index (χ2v) is 11.2. The molecule has 31 heavy (non-hydrogen) atoms. The molecule has 0 atom stereocenters. The molecule has 1 amide bonds. The predicted molar refractivity (Wildman–Crippen MR) is 123 cm³/mol. The largest absolute Gasteiger partial charge is 0.346 e. The Labute approximate surface area is 188 Å². The van der Waals surface area contributed by atoms with Crippen LogP contribution in [0.1, 0.15) is 48.9 Å². The molecule has 9 heteroatoms. The van der Waals surface area contributed by atoms with Crippen LogP contribution >= 0.6 is 11.3 Å². The minimum absolute atomic E-state index is 0.0422. The van der Waals surface area contributed by atoms with Gasteiger partial charge in [-0.1, -0.05) is 25.3 Å². The first-order chi connectivity index (χ1) is 15.0. The molecular formula is C22H30N4O3S2. The fraction of sp³-hybridized carbons (Fsp3) is 0.545. The molecule has 2 aromatic rings. The first kappa shape index (κ1) is 22.2. The summed E-state index contributed by atoms with van der Waals surface area (Å²) in [6.45, 7) is 2.83. The highest BCUT2D eigenvalue weighted by molar-refractivity contribution is 7.89. The lowest BCUT2D eigenvalue weighted by molar-refractivity contribution is 0.0766. The van der Waals surface area contributed by atoms with Crippen molar-refractivity contribution in [2.75, 3.05) is 38.1 Å². The molecule has 1 aliphatic carbocycles. The number of hydrogen-bond acceptors (Lipinski definition) is 6. The zero-order chi connectivity index (χ0) is 21.8. The Bertz CT molecular complexity index is 988. The van der Waals surface area contributed by atoms with Crippen molar-refractivity contribution >= 4 is 32.4 Å². The molecule has 2 fully saturated rings. The molecule has 2 aliphatic rings. The molecule has 0 spiro atoms. The van der Waals surface area contributed by atoms with Gasteiger partial charge in [-0.25, -0.2) is 13.4 Å². The Morgan fingerprint density at radius 2 is 1.90 bits per heavy atom. The maximum absolute atomic E-state index is 13.2. The Hall–Kier alpha value is -1.97. The van der Waals surface area contributed by atoms with Crippen LogP contribution < -0.4 is 4.90 Å². The van der Waals surface area contributed by atoms with Crippen LogP contribution in [0.3, 0.4) is 0 Å². The van der Waals surface area contributed by atoms with Gasteiger partial charge in [0.2, 0.25) is 10.0 Å². The van der Waals surface area contributed by atoms with Crippen molar-refractivity contribution in [3.63, 3.8) is 0 Å². The van der Waals surface area contributed by atoms with Gasteiger partial charge >= 0.3 is 0 Å². The van der Waals surface area contributed by atoms with E-state index in [1.54, 1.807) is 48.8 Å². The van der Waals surface area contributed by atoms with E-state index in [1.807, 2.05) is 10.3 Å². The molecule has 1 aliphatic heterocycles. The van der Waals surface area contributed by atoms with Crippen molar-refractivity contribution in [2.45, 2.75) is 49.5 Å². The number of thiazole rings is 1. The van der Waals surface area contributed by atoms with E-state index in [0.29, 0.717) is 18.7 Å². The molecular weight excluding hydrogens is 432 g/mol. The van der Waals surface area contributed by atoms with E-state index in [2.05, 4.69) is 9.88 Å². The maximum atomic E-state index is 13.2. The first-order valence-electron chi connectivity index (χ1n) is 11.0. The van der Waals surface area contributed by atoms with Crippen molar-refractivity contribution in [3.05, 3.63) is 41.4 Å². The van der Waals surface area contributed by atoms with Crippen molar-refractivity contribution in [3.8, 4) is 0 Å². The summed E-state index contributed by atoms with van der Waals surface area (Å²) in [7, 11) is -1.96. The highest BCUT2D eigenvalue weighted by Gasteiger charge is 2.30. The molecule has 0 radical (unpaired) electrons. The number of nitrogens with zero attached hydrogens (tertiary/aromatic N) is 4. The van der Waals surface area contributed by atoms with Gasteiger partial charge in [-0.2, -0.15) is 4.31 Å². The average Bonchev–Trinajstić information content (AvgIpc) is 3.23.